The summed E-state index contributed by atoms with van der Waals surface area (Å²) in [5, 5.41) is 0. The smallest absolute Gasteiger partial charge is 0.328 e. The van der Waals surface area contributed by atoms with Crippen LogP contribution in [0.15, 0.2) is 40.1 Å². The lowest BCUT2D eigenvalue weighted by atomic mass is 10.0. The molecule has 1 amide bonds. The van der Waals surface area contributed by atoms with Crippen molar-refractivity contribution in [2.45, 2.75) is 25.4 Å². The van der Waals surface area contributed by atoms with E-state index >= 15 is 0 Å². The number of aromatic nitrogens is 2. The van der Waals surface area contributed by atoms with Gasteiger partial charge in [0.25, 0.3) is 5.56 Å². The Bertz CT molecular complexity index is 918. The van der Waals surface area contributed by atoms with Crippen LogP contribution in [0.3, 0.4) is 0 Å². The maximum absolute atomic E-state index is 12.8. The highest BCUT2D eigenvalue weighted by molar-refractivity contribution is 5.77. The number of likely N-dealkylation sites (tertiary alicyclic amines) is 1. The average Bonchev–Trinajstić information content (AvgIpc) is 3.13. The van der Waals surface area contributed by atoms with Gasteiger partial charge in [0.05, 0.1) is 20.3 Å². The van der Waals surface area contributed by atoms with Gasteiger partial charge in [0, 0.05) is 30.4 Å². The lowest BCUT2D eigenvalue weighted by Gasteiger charge is -2.26. The van der Waals surface area contributed by atoms with E-state index in [1.54, 1.807) is 25.2 Å². The van der Waals surface area contributed by atoms with Crippen LogP contribution in [0.2, 0.25) is 0 Å². The Labute approximate surface area is 150 Å². The number of carbonyl (C=O) groups excluding carboxylic acids is 1. The summed E-state index contributed by atoms with van der Waals surface area (Å²) in [5.41, 5.74) is -0.169. The number of rotatable bonds is 5. The van der Waals surface area contributed by atoms with Crippen molar-refractivity contribution >= 4 is 5.91 Å². The number of hydrogen-bond acceptors (Lipinski definition) is 5. The van der Waals surface area contributed by atoms with E-state index in [1.165, 1.54) is 16.8 Å². The van der Waals surface area contributed by atoms with Crippen LogP contribution >= 0.6 is 0 Å². The topological polar surface area (TPSA) is 93.6 Å². The summed E-state index contributed by atoms with van der Waals surface area (Å²) >= 11 is 0. The molecule has 0 aliphatic carbocycles. The summed E-state index contributed by atoms with van der Waals surface area (Å²) in [6, 6.07) is 6.64. The first-order valence-electron chi connectivity index (χ1n) is 8.34. The summed E-state index contributed by atoms with van der Waals surface area (Å²) in [6.07, 6.45) is 3.01. The van der Waals surface area contributed by atoms with Gasteiger partial charge in [-0.05, 0) is 25.0 Å². The molecule has 2 aromatic rings. The molecule has 0 saturated carbocycles. The quantitative estimate of drug-likeness (QED) is 0.857. The molecular weight excluding hydrogens is 338 g/mol. The molecule has 1 N–H and O–H groups in total. The third-order valence-electron chi connectivity index (χ3n) is 4.58. The molecule has 0 spiro atoms. The molecule has 1 unspecified atom stereocenters. The molecule has 1 fully saturated rings. The van der Waals surface area contributed by atoms with Crippen LogP contribution in [0, 0.1) is 0 Å². The molecule has 1 saturated heterocycles. The number of methoxy groups -OCH3 is 2. The SMILES string of the molecule is COc1ccc(C2CCCN2C(=O)Cn2ccc(=O)[nH]c2=O)c(OC)c1. The van der Waals surface area contributed by atoms with E-state index in [0.717, 1.165) is 18.4 Å². The van der Waals surface area contributed by atoms with E-state index in [1.807, 2.05) is 12.1 Å². The maximum atomic E-state index is 12.8. The fraction of sp³-hybridized carbons (Fsp3) is 0.389. The predicted molar refractivity (Wildman–Crippen MR) is 94.6 cm³/mol. The van der Waals surface area contributed by atoms with Gasteiger partial charge in [0.15, 0.2) is 0 Å². The van der Waals surface area contributed by atoms with E-state index in [4.69, 9.17) is 9.47 Å². The molecule has 0 bridgehead atoms. The molecule has 1 aromatic carbocycles. The summed E-state index contributed by atoms with van der Waals surface area (Å²) in [5.74, 6) is 1.16. The second-order valence-electron chi connectivity index (χ2n) is 6.09. The van der Waals surface area contributed by atoms with Crippen molar-refractivity contribution in [3.05, 3.63) is 56.9 Å². The molecule has 8 nitrogen and oxygen atoms in total. The number of nitrogens with one attached hydrogen (secondary N) is 1. The van der Waals surface area contributed by atoms with Crippen LogP contribution in [0.4, 0.5) is 0 Å². The summed E-state index contributed by atoms with van der Waals surface area (Å²) in [4.78, 5) is 39.6. The van der Waals surface area contributed by atoms with Crippen LogP contribution in [-0.2, 0) is 11.3 Å². The maximum Gasteiger partial charge on any atom is 0.328 e. The van der Waals surface area contributed by atoms with Crippen LogP contribution in [-0.4, -0.2) is 41.1 Å². The number of nitrogens with zero attached hydrogens (tertiary/aromatic N) is 2. The normalized spacial score (nSPS) is 16.5. The third kappa shape index (κ3) is 3.49. The van der Waals surface area contributed by atoms with Crippen LogP contribution in [0.1, 0.15) is 24.4 Å². The minimum absolute atomic E-state index is 0.120. The van der Waals surface area contributed by atoms with Gasteiger partial charge in [-0.1, -0.05) is 0 Å². The van der Waals surface area contributed by atoms with Crippen molar-refractivity contribution in [3.8, 4) is 11.5 Å². The second kappa shape index (κ2) is 7.47. The van der Waals surface area contributed by atoms with Gasteiger partial charge >= 0.3 is 5.69 Å². The minimum Gasteiger partial charge on any atom is -0.497 e. The Balaban J connectivity index is 1.85. The highest BCUT2D eigenvalue weighted by atomic mass is 16.5. The monoisotopic (exact) mass is 359 g/mol. The molecule has 1 aliphatic heterocycles. The number of aromatic amines is 1. The zero-order chi connectivity index (χ0) is 18.7. The van der Waals surface area contributed by atoms with Crippen molar-refractivity contribution in [2.75, 3.05) is 20.8 Å². The van der Waals surface area contributed by atoms with Gasteiger partial charge in [-0.15, -0.1) is 0 Å². The van der Waals surface area contributed by atoms with E-state index in [9.17, 15) is 14.4 Å². The highest BCUT2D eigenvalue weighted by Crippen LogP contribution is 2.38. The largest absolute Gasteiger partial charge is 0.497 e. The molecule has 2 heterocycles. The first-order chi connectivity index (χ1) is 12.5. The van der Waals surface area contributed by atoms with Gasteiger partial charge < -0.3 is 14.4 Å². The van der Waals surface area contributed by atoms with E-state index in [0.29, 0.717) is 18.0 Å². The third-order valence-corrected chi connectivity index (χ3v) is 4.58. The van der Waals surface area contributed by atoms with E-state index in [-0.39, 0.29) is 18.5 Å². The minimum atomic E-state index is -0.594. The number of hydrogen-bond donors (Lipinski definition) is 1. The van der Waals surface area contributed by atoms with Crippen LogP contribution < -0.4 is 20.7 Å². The first kappa shape index (κ1) is 17.8. The van der Waals surface area contributed by atoms with Crippen molar-refractivity contribution in [1.82, 2.24) is 14.5 Å². The molecule has 138 valence electrons. The molecule has 1 aromatic heterocycles. The Morgan fingerprint density at radius 2 is 2.04 bits per heavy atom. The van der Waals surface area contributed by atoms with Gasteiger partial charge in [-0.3, -0.25) is 19.1 Å². The molecular formula is C18H21N3O5. The number of benzene rings is 1. The fourth-order valence-electron chi connectivity index (χ4n) is 3.29. The molecule has 1 atom stereocenters. The predicted octanol–water partition coefficient (Wildman–Crippen LogP) is 0.917. The lowest BCUT2D eigenvalue weighted by molar-refractivity contribution is -0.132. The molecule has 3 rings (SSSR count). The Morgan fingerprint density at radius 3 is 2.73 bits per heavy atom. The molecule has 8 heteroatoms. The number of amides is 1. The van der Waals surface area contributed by atoms with Gasteiger partial charge in [-0.25, -0.2) is 4.79 Å². The van der Waals surface area contributed by atoms with Crippen molar-refractivity contribution in [1.29, 1.82) is 0 Å². The van der Waals surface area contributed by atoms with Crippen LogP contribution in [0.25, 0.3) is 0 Å². The standard InChI is InChI=1S/C18H21N3O5/c1-25-12-5-6-13(15(10-12)26-2)14-4-3-8-21(14)17(23)11-20-9-7-16(22)19-18(20)24/h5-7,9-10,14H,3-4,8,11H2,1-2H3,(H,19,22,24). The molecule has 0 radical (unpaired) electrons. The zero-order valence-corrected chi connectivity index (χ0v) is 14.7. The average molecular weight is 359 g/mol. The fourth-order valence-corrected chi connectivity index (χ4v) is 3.29. The number of ether oxygens (including phenoxy) is 2. The van der Waals surface area contributed by atoms with Gasteiger partial charge in [0.2, 0.25) is 5.91 Å². The molecule has 26 heavy (non-hydrogen) atoms. The van der Waals surface area contributed by atoms with Crippen LogP contribution in [0.5, 0.6) is 11.5 Å². The zero-order valence-electron chi connectivity index (χ0n) is 14.7. The summed E-state index contributed by atoms with van der Waals surface area (Å²) in [6.45, 7) is 0.487. The lowest BCUT2D eigenvalue weighted by Crippen LogP contribution is -2.38. The summed E-state index contributed by atoms with van der Waals surface area (Å²) in [7, 11) is 3.17. The number of carbonyl (C=O) groups is 1. The Kier molecular flexibility index (Phi) is 5.11. The second-order valence-corrected chi connectivity index (χ2v) is 6.09. The first-order valence-corrected chi connectivity index (χ1v) is 8.34. The van der Waals surface area contributed by atoms with E-state index in [2.05, 4.69) is 4.98 Å². The van der Waals surface area contributed by atoms with Gasteiger partial charge in [-0.2, -0.15) is 0 Å². The van der Waals surface area contributed by atoms with Crippen molar-refractivity contribution in [3.63, 3.8) is 0 Å². The van der Waals surface area contributed by atoms with Crippen molar-refractivity contribution < 1.29 is 14.3 Å². The molecule has 1 aliphatic rings. The number of H-pyrrole nitrogens is 1. The highest BCUT2D eigenvalue weighted by Gasteiger charge is 2.32. The van der Waals surface area contributed by atoms with Gasteiger partial charge in [0.1, 0.15) is 18.0 Å². The van der Waals surface area contributed by atoms with E-state index < -0.39 is 11.2 Å². The Hall–Kier alpha value is -3.03. The Morgan fingerprint density at radius 1 is 1.23 bits per heavy atom. The summed E-state index contributed by atoms with van der Waals surface area (Å²) < 4.78 is 11.9. The van der Waals surface area contributed by atoms with Crippen molar-refractivity contribution in [2.24, 2.45) is 0 Å².